The second-order valence-corrected chi connectivity index (χ2v) is 11.0. The maximum Gasteiger partial charge on any atom is 0.284 e. The van der Waals surface area contributed by atoms with E-state index in [1.165, 1.54) is 0 Å². The average Bonchev–Trinajstić information content (AvgIpc) is 2.90. The number of amidine groups is 1. The van der Waals surface area contributed by atoms with Crippen LogP contribution in [0.2, 0.25) is 0 Å². The van der Waals surface area contributed by atoms with Gasteiger partial charge in [-0.1, -0.05) is 69.3 Å². The molecule has 2 aromatic rings. The topological polar surface area (TPSA) is 49.7 Å². The van der Waals surface area contributed by atoms with E-state index in [4.69, 9.17) is 0 Å². The van der Waals surface area contributed by atoms with Crippen LogP contribution in [0.15, 0.2) is 70.0 Å². The van der Waals surface area contributed by atoms with Gasteiger partial charge in [0.2, 0.25) is 0 Å². The van der Waals surface area contributed by atoms with Crippen molar-refractivity contribution in [2.24, 2.45) is 15.2 Å². The van der Waals surface area contributed by atoms with Crippen LogP contribution in [-0.4, -0.2) is 31.7 Å². The van der Waals surface area contributed by atoms with E-state index in [9.17, 15) is 8.42 Å². The third-order valence-electron chi connectivity index (χ3n) is 5.97. The number of sulfonamides is 1. The van der Waals surface area contributed by atoms with Gasteiger partial charge in [-0.25, -0.2) is 0 Å². The molecule has 0 aromatic heterocycles. The highest BCUT2D eigenvalue weighted by Crippen LogP contribution is 2.52. The van der Waals surface area contributed by atoms with Crippen LogP contribution >= 0.6 is 0 Å². The molecule has 2 bridgehead atoms. The Morgan fingerprint density at radius 3 is 2.21 bits per heavy atom. The molecule has 0 N–H and O–H groups in total. The molecule has 2 aliphatic rings. The minimum atomic E-state index is -3.78. The van der Waals surface area contributed by atoms with E-state index >= 15 is 0 Å². The zero-order chi connectivity index (χ0) is 20.0. The predicted octanol–water partition coefficient (Wildman–Crippen LogP) is 4.72. The Bertz CT molecular complexity index is 984. The lowest BCUT2D eigenvalue weighted by Gasteiger charge is -2.39. The van der Waals surface area contributed by atoms with Crippen molar-refractivity contribution >= 4 is 15.9 Å². The van der Waals surface area contributed by atoms with Crippen molar-refractivity contribution in [2.75, 3.05) is 6.54 Å². The molecule has 5 heteroatoms. The molecule has 2 fully saturated rings. The molecule has 1 aliphatic carbocycles. The first-order valence-electron chi connectivity index (χ1n) is 9.90. The number of hydrogen-bond acceptors (Lipinski definition) is 2. The summed E-state index contributed by atoms with van der Waals surface area (Å²) >= 11 is 0. The van der Waals surface area contributed by atoms with Gasteiger partial charge in [0, 0.05) is 18.2 Å². The Morgan fingerprint density at radius 2 is 1.57 bits per heavy atom. The van der Waals surface area contributed by atoms with Crippen LogP contribution in [0.5, 0.6) is 0 Å². The van der Waals surface area contributed by atoms with E-state index in [2.05, 4.69) is 30.1 Å². The number of nitrogens with zero attached hydrogens (tertiary/aromatic N) is 2. The van der Waals surface area contributed by atoms with Crippen LogP contribution in [0, 0.1) is 10.8 Å². The van der Waals surface area contributed by atoms with Crippen LogP contribution < -0.4 is 0 Å². The molecule has 148 valence electrons. The first-order chi connectivity index (χ1) is 13.2. The monoisotopic (exact) mass is 396 g/mol. The van der Waals surface area contributed by atoms with Gasteiger partial charge in [-0.3, -0.25) is 0 Å². The molecular weight excluding hydrogens is 368 g/mol. The highest BCUT2D eigenvalue weighted by Gasteiger charge is 2.50. The number of benzene rings is 2. The largest absolute Gasteiger partial charge is 0.352 e. The highest BCUT2D eigenvalue weighted by atomic mass is 32.2. The number of hydrogen-bond donors (Lipinski definition) is 0. The molecule has 1 saturated heterocycles. The Labute approximate surface area is 168 Å². The Morgan fingerprint density at radius 1 is 0.964 bits per heavy atom. The molecule has 1 saturated carbocycles. The second kappa shape index (κ2) is 6.73. The fraction of sp³-hybridized carbons (Fsp3) is 0.435. The van der Waals surface area contributed by atoms with Gasteiger partial charge in [0.05, 0.1) is 4.90 Å². The first-order valence-corrected chi connectivity index (χ1v) is 11.3. The molecule has 28 heavy (non-hydrogen) atoms. The van der Waals surface area contributed by atoms with Gasteiger partial charge in [0.15, 0.2) is 0 Å². The van der Waals surface area contributed by atoms with Crippen LogP contribution in [0.3, 0.4) is 0 Å². The lowest BCUT2D eigenvalue weighted by Crippen LogP contribution is -2.38. The van der Waals surface area contributed by atoms with Crippen LogP contribution in [0.25, 0.3) is 0 Å². The van der Waals surface area contributed by atoms with Gasteiger partial charge in [-0.15, -0.1) is 4.40 Å². The summed E-state index contributed by atoms with van der Waals surface area (Å²) in [6.45, 7) is 7.82. The fourth-order valence-electron chi connectivity index (χ4n) is 5.32. The normalized spacial score (nSPS) is 27.0. The quantitative estimate of drug-likeness (QED) is 0.557. The molecular formula is C23H28N2O2S. The highest BCUT2D eigenvalue weighted by molar-refractivity contribution is 7.90. The fourth-order valence-corrected chi connectivity index (χ4v) is 6.37. The lowest BCUT2D eigenvalue weighted by molar-refractivity contribution is 0.132. The van der Waals surface area contributed by atoms with E-state index in [1.54, 1.807) is 24.3 Å². The zero-order valence-corrected chi connectivity index (χ0v) is 17.6. The molecule has 1 aliphatic heterocycles. The van der Waals surface area contributed by atoms with Gasteiger partial charge < -0.3 is 4.90 Å². The summed E-state index contributed by atoms with van der Waals surface area (Å²) in [5, 5.41) is 0. The molecule has 2 atom stereocenters. The molecule has 4 rings (SSSR count). The van der Waals surface area contributed by atoms with Gasteiger partial charge in [0.25, 0.3) is 10.0 Å². The molecule has 2 unspecified atom stereocenters. The average molecular weight is 397 g/mol. The Hall–Kier alpha value is -2.14. The molecule has 4 nitrogen and oxygen atoms in total. The maximum absolute atomic E-state index is 13.1. The van der Waals surface area contributed by atoms with Gasteiger partial charge in [-0.05, 0) is 42.2 Å². The minimum Gasteiger partial charge on any atom is -0.352 e. The van der Waals surface area contributed by atoms with Crippen molar-refractivity contribution in [3.05, 3.63) is 66.2 Å². The van der Waals surface area contributed by atoms with Crippen LogP contribution in [0.4, 0.5) is 0 Å². The standard InChI is InChI=1S/C23H28N2O2S/c1-22(2)14-19-15-23(3,16-22)17-25(19)21(18-10-6-4-7-11-18)24-28(26,27)20-12-8-5-9-13-20/h4-13,19H,14-17H2,1-3H3/b24-21-. The third-order valence-corrected chi connectivity index (χ3v) is 7.25. The smallest absolute Gasteiger partial charge is 0.284 e. The Kier molecular flexibility index (Phi) is 4.61. The minimum absolute atomic E-state index is 0.193. The van der Waals surface area contributed by atoms with Crippen molar-refractivity contribution in [3.63, 3.8) is 0 Å². The van der Waals surface area contributed by atoms with E-state index in [0.717, 1.165) is 31.4 Å². The SMILES string of the molecule is CC1(C)CC2CC(C)(CN2/C(=N\S(=O)(=O)c2ccccc2)c2ccccc2)C1. The third kappa shape index (κ3) is 3.72. The lowest BCUT2D eigenvalue weighted by atomic mass is 9.65. The van der Waals surface area contributed by atoms with Crippen molar-refractivity contribution in [2.45, 2.75) is 51.0 Å². The summed E-state index contributed by atoms with van der Waals surface area (Å²) in [4.78, 5) is 2.49. The number of rotatable bonds is 3. The van der Waals surface area contributed by atoms with E-state index in [-0.39, 0.29) is 15.7 Å². The van der Waals surface area contributed by atoms with Crippen LogP contribution in [0.1, 0.15) is 45.6 Å². The van der Waals surface area contributed by atoms with E-state index < -0.39 is 10.0 Å². The molecule has 1 heterocycles. The predicted molar refractivity (Wildman–Crippen MR) is 113 cm³/mol. The summed E-state index contributed by atoms with van der Waals surface area (Å²) in [6, 6.07) is 18.5. The van der Waals surface area contributed by atoms with Gasteiger partial charge >= 0.3 is 0 Å². The van der Waals surface area contributed by atoms with Crippen LogP contribution in [-0.2, 0) is 10.0 Å². The molecule has 0 spiro atoms. The summed E-state index contributed by atoms with van der Waals surface area (Å²) < 4.78 is 30.5. The molecule has 2 aromatic carbocycles. The molecule has 0 radical (unpaired) electrons. The van der Waals surface area contributed by atoms with Crippen molar-refractivity contribution in [3.8, 4) is 0 Å². The van der Waals surface area contributed by atoms with Crippen molar-refractivity contribution in [1.82, 2.24) is 4.90 Å². The summed E-state index contributed by atoms with van der Waals surface area (Å²) in [5.74, 6) is 0.580. The number of likely N-dealkylation sites (tertiary alicyclic amines) is 1. The number of fused-ring (bicyclic) bond motifs is 2. The first kappa shape index (κ1) is 19.2. The van der Waals surface area contributed by atoms with E-state index in [1.807, 2.05) is 36.4 Å². The van der Waals surface area contributed by atoms with Crippen molar-refractivity contribution < 1.29 is 8.42 Å². The maximum atomic E-state index is 13.1. The second-order valence-electron chi connectivity index (χ2n) is 9.41. The Balaban J connectivity index is 1.80. The van der Waals surface area contributed by atoms with Gasteiger partial charge in [-0.2, -0.15) is 8.42 Å². The zero-order valence-electron chi connectivity index (χ0n) is 16.8. The van der Waals surface area contributed by atoms with E-state index in [0.29, 0.717) is 11.9 Å². The summed E-state index contributed by atoms with van der Waals surface area (Å²) in [7, 11) is -3.78. The molecule has 0 amide bonds. The summed E-state index contributed by atoms with van der Waals surface area (Å²) in [6.07, 6.45) is 3.30. The van der Waals surface area contributed by atoms with Crippen molar-refractivity contribution in [1.29, 1.82) is 0 Å². The van der Waals surface area contributed by atoms with Gasteiger partial charge in [0.1, 0.15) is 5.84 Å². The summed E-state index contributed by atoms with van der Waals surface area (Å²) in [5.41, 5.74) is 1.31.